The second kappa shape index (κ2) is 6.45. The maximum absolute atomic E-state index is 6.13. The van der Waals surface area contributed by atoms with E-state index >= 15 is 0 Å². The molecule has 0 amide bonds. The summed E-state index contributed by atoms with van der Waals surface area (Å²) in [6.45, 7) is 0. The smallest absolute Gasteiger partial charge is 0.137 e. The number of benzene rings is 2. The molecule has 0 atom stereocenters. The molecule has 4 nitrogen and oxygen atoms in total. The van der Waals surface area contributed by atoms with E-state index in [2.05, 4.69) is 15.3 Å². The minimum Gasteiger partial charge on any atom is -0.495 e. The summed E-state index contributed by atoms with van der Waals surface area (Å²) in [7, 11) is 1.59. The molecule has 0 radical (unpaired) electrons. The van der Waals surface area contributed by atoms with Gasteiger partial charge >= 0.3 is 0 Å². The maximum atomic E-state index is 6.13. The number of nitrogens with one attached hydrogen (secondary N) is 1. The molecule has 0 aliphatic carbocycles. The molecule has 110 valence electrons. The van der Waals surface area contributed by atoms with Crippen molar-refractivity contribution < 1.29 is 4.74 Å². The van der Waals surface area contributed by atoms with Crippen LogP contribution in [-0.2, 0) is 0 Å². The van der Waals surface area contributed by atoms with E-state index in [-0.39, 0.29) is 0 Å². The summed E-state index contributed by atoms with van der Waals surface area (Å²) in [4.78, 5) is 8.53. The van der Waals surface area contributed by atoms with Crippen molar-refractivity contribution in [3.63, 3.8) is 0 Å². The highest BCUT2D eigenvalue weighted by Gasteiger charge is 2.05. The number of hydrogen-bond acceptors (Lipinski definition) is 4. The number of halogens is 1. The van der Waals surface area contributed by atoms with E-state index in [9.17, 15) is 0 Å². The van der Waals surface area contributed by atoms with Gasteiger partial charge in [0, 0.05) is 17.3 Å². The van der Waals surface area contributed by atoms with Crippen LogP contribution in [-0.4, -0.2) is 17.1 Å². The number of rotatable bonds is 4. The molecule has 0 unspecified atom stereocenters. The first-order valence-corrected chi connectivity index (χ1v) is 7.12. The van der Waals surface area contributed by atoms with E-state index in [0.29, 0.717) is 16.6 Å². The van der Waals surface area contributed by atoms with Crippen LogP contribution in [0.15, 0.2) is 60.9 Å². The van der Waals surface area contributed by atoms with Crippen LogP contribution in [0, 0.1) is 0 Å². The van der Waals surface area contributed by atoms with Crippen LogP contribution in [0.1, 0.15) is 0 Å². The molecule has 1 heterocycles. The average molecular weight is 312 g/mol. The zero-order valence-electron chi connectivity index (χ0n) is 12.0. The predicted octanol–water partition coefficient (Wildman–Crippen LogP) is 4.55. The highest BCUT2D eigenvalue weighted by Crippen LogP contribution is 2.29. The number of methoxy groups -OCH3 is 1. The molecule has 3 rings (SSSR count). The number of nitrogens with zero attached hydrogens (tertiary/aromatic N) is 2. The van der Waals surface area contributed by atoms with Crippen molar-refractivity contribution in [1.82, 2.24) is 9.97 Å². The maximum Gasteiger partial charge on any atom is 0.137 e. The van der Waals surface area contributed by atoms with E-state index in [1.807, 2.05) is 48.5 Å². The minimum atomic E-state index is 0.546. The van der Waals surface area contributed by atoms with Crippen molar-refractivity contribution in [3.05, 3.63) is 65.9 Å². The molecule has 22 heavy (non-hydrogen) atoms. The molecule has 0 saturated carbocycles. The van der Waals surface area contributed by atoms with Crippen LogP contribution in [0.5, 0.6) is 5.75 Å². The van der Waals surface area contributed by atoms with Crippen molar-refractivity contribution in [3.8, 4) is 17.0 Å². The Bertz CT molecular complexity index is 778. The first-order valence-electron chi connectivity index (χ1n) is 6.74. The minimum absolute atomic E-state index is 0.546. The monoisotopic (exact) mass is 311 g/mol. The molecular weight excluding hydrogens is 298 g/mol. The quantitative estimate of drug-likeness (QED) is 0.768. The van der Waals surface area contributed by atoms with Gasteiger partial charge in [0.2, 0.25) is 0 Å². The molecule has 3 aromatic rings. The van der Waals surface area contributed by atoms with Crippen LogP contribution >= 0.6 is 11.6 Å². The lowest BCUT2D eigenvalue weighted by atomic mass is 10.1. The van der Waals surface area contributed by atoms with Crippen LogP contribution in [0.2, 0.25) is 5.02 Å². The second-order valence-electron chi connectivity index (χ2n) is 4.63. The Morgan fingerprint density at radius 3 is 2.55 bits per heavy atom. The first-order chi connectivity index (χ1) is 10.8. The Hall–Kier alpha value is -2.59. The van der Waals surface area contributed by atoms with Crippen molar-refractivity contribution in [2.75, 3.05) is 12.4 Å². The molecule has 0 fully saturated rings. The zero-order valence-corrected chi connectivity index (χ0v) is 12.7. The average Bonchev–Trinajstić information content (AvgIpc) is 2.56. The van der Waals surface area contributed by atoms with Gasteiger partial charge in [0.25, 0.3) is 0 Å². The fourth-order valence-corrected chi connectivity index (χ4v) is 2.34. The van der Waals surface area contributed by atoms with E-state index in [1.54, 1.807) is 13.2 Å². The number of anilines is 2. The van der Waals surface area contributed by atoms with E-state index in [1.165, 1.54) is 6.33 Å². The molecule has 0 aliphatic rings. The summed E-state index contributed by atoms with van der Waals surface area (Å²) >= 11 is 6.13. The third-order valence-corrected chi connectivity index (χ3v) is 3.46. The molecular formula is C17H14ClN3O. The first kappa shape index (κ1) is 14.4. The summed E-state index contributed by atoms with van der Waals surface area (Å²) in [5.74, 6) is 1.34. The van der Waals surface area contributed by atoms with Gasteiger partial charge < -0.3 is 10.1 Å². The molecule has 0 bridgehead atoms. The van der Waals surface area contributed by atoms with Crippen LogP contribution in [0.25, 0.3) is 11.3 Å². The molecule has 5 heteroatoms. The Morgan fingerprint density at radius 1 is 1.00 bits per heavy atom. The summed E-state index contributed by atoms with van der Waals surface area (Å²) in [6, 6.07) is 17.3. The second-order valence-corrected chi connectivity index (χ2v) is 5.04. The van der Waals surface area contributed by atoms with Crippen LogP contribution in [0.4, 0.5) is 11.5 Å². The Morgan fingerprint density at radius 2 is 1.82 bits per heavy atom. The predicted molar refractivity (Wildman–Crippen MR) is 88.8 cm³/mol. The van der Waals surface area contributed by atoms with Gasteiger partial charge in [-0.3, -0.25) is 0 Å². The largest absolute Gasteiger partial charge is 0.495 e. The van der Waals surface area contributed by atoms with Crippen molar-refractivity contribution in [2.24, 2.45) is 0 Å². The van der Waals surface area contributed by atoms with Gasteiger partial charge in [0.05, 0.1) is 17.8 Å². The van der Waals surface area contributed by atoms with Gasteiger partial charge in [-0.15, -0.1) is 0 Å². The Balaban J connectivity index is 1.86. The van der Waals surface area contributed by atoms with Crippen molar-refractivity contribution in [1.29, 1.82) is 0 Å². The van der Waals surface area contributed by atoms with Crippen molar-refractivity contribution >= 4 is 23.1 Å². The van der Waals surface area contributed by atoms with Gasteiger partial charge in [-0.25, -0.2) is 9.97 Å². The molecule has 0 aliphatic heterocycles. The lowest BCUT2D eigenvalue weighted by Gasteiger charge is -2.09. The van der Waals surface area contributed by atoms with E-state index in [4.69, 9.17) is 16.3 Å². The van der Waals surface area contributed by atoms with Gasteiger partial charge in [-0.2, -0.15) is 0 Å². The summed E-state index contributed by atoms with van der Waals surface area (Å²) in [5, 5.41) is 3.76. The third kappa shape index (κ3) is 3.18. The van der Waals surface area contributed by atoms with Gasteiger partial charge in [-0.05, 0) is 18.2 Å². The van der Waals surface area contributed by atoms with E-state index in [0.717, 1.165) is 16.9 Å². The highest BCUT2D eigenvalue weighted by atomic mass is 35.5. The fourth-order valence-electron chi connectivity index (χ4n) is 2.08. The standard InChI is InChI=1S/C17H14ClN3O/c1-22-16-8-7-13(9-14(16)18)21-17-10-15(19-11-20-17)12-5-3-2-4-6-12/h2-11H,1H3,(H,19,20,21). The van der Waals surface area contributed by atoms with Crippen LogP contribution < -0.4 is 10.1 Å². The number of hydrogen-bond donors (Lipinski definition) is 1. The Labute approximate surface area is 133 Å². The third-order valence-electron chi connectivity index (χ3n) is 3.16. The molecule has 0 spiro atoms. The summed E-state index contributed by atoms with van der Waals surface area (Å²) < 4.78 is 5.14. The van der Waals surface area contributed by atoms with Gasteiger partial charge in [0.15, 0.2) is 0 Å². The van der Waals surface area contributed by atoms with E-state index < -0.39 is 0 Å². The summed E-state index contributed by atoms with van der Waals surface area (Å²) in [5.41, 5.74) is 2.74. The lowest BCUT2D eigenvalue weighted by molar-refractivity contribution is 0.415. The Kier molecular flexibility index (Phi) is 4.21. The number of ether oxygens (including phenoxy) is 1. The lowest BCUT2D eigenvalue weighted by Crippen LogP contribution is -1.96. The molecule has 2 aromatic carbocycles. The topological polar surface area (TPSA) is 47.0 Å². The molecule has 1 aromatic heterocycles. The van der Waals surface area contributed by atoms with Gasteiger partial charge in [0.1, 0.15) is 17.9 Å². The van der Waals surface area contributed by atoms with Crippen molar-refractivity contribution in [2.45, 2.75) is 0 Å². The molecule has 0 saturated heterocycles. The molecule has 1 N–H and O–H groups in total. The fraction of sp³-hybridized carbons (Fsp3) is 0.0588. The zero-order chi connectivity index (χ0) is 15.4. The van der Waals surface area contributed by atoms with Gasteiger partial charge in [-0.1, -0.05) is 41.9 Å². The highest BCUT2D eigenvalue weighted by molar-refractivity contribution is 6.32. The normalized spacial score (nSPS) is 10.3. The SMILES string of the molecule is COc1ccc(Nc2cc(-c3ccccc3)ncn2)cc1Cl. The number of aromatic nitrogens is 2. The van der Waals surface area contributed by atoms with Crippen LogP contribution in [0.3, 0.4) is 0 Å². The summed E-state index contributed by atoms with van der Waals surface area (Å²) in [6.07, 6.45) is 1.54.